The lowest BCUT2D eigenvalue weighted by molar-refractivity contribution is 0.475. The van der Waals surface area contributed by atoms with Crippen LogP contribution in [0.15, 0.2) is 12.1 Å². The molecular formula is C11H16N2O. The van der Waals surface area contributed by atoms with E-state index in [0.29, 0.717) is 5.75 Å². The van der Waals surface area contributed by atoms with E-state index in [9.17, 15) is 5.11 Å². The molecule has 3 nitrogen and oxygen atoms in total. The Labute approximate surface area is 84.4 Å². The van der Waals surface area contributed by atoms with Gasteiger partial charge in [0.2, 0.25) is 0 Å². The van der Waals surface area contributed by atoms with Crippen LogP contribution in [-0.2, 0) is 6.42 Å². The van der Waals surface area contributed by atoms with Crippen LogP contribution in [0.1, 0.15) is 12.0 Å². The highest BCUT2D eigenvalue weighted by Gasteiger charge is 2.13. The first-order chi connectivity index (χ1) is 6.68. The minimum absolute atomic E-state index is 0.350. The SMILES string of the molecule is CN(C)c1cc2c(cc1O)NCCC2. The number of hydrogen-bond acceptors (Lipinski definition) is 3. The number of nitrogens with one attached hydrogen (secondary N) is 1. The summed E-state index contributed by atoms with van der Waals surface area (Å²) in [5, 5.41) is 13.0. The van der Waals surface area contributed by atoms with Gasteiger partial charge in [0.05, 0.1) is 5.69 Å². The molecule has 0 aromatic heterocycles. The fourth-order valence-electron chi connectivity index (χ4n) is 1.85. The van der Waals surface area contributed by atoms with Crippen molar-refractivity contribution in [3.05, 3.63) is 17.7 Å². The number of aromatic hydroxyl groups is 1. The molecule has 1 aromatic carbocycles. The zero-order valence-electron chi connectivity index (χ0n) is 8.67. The third-order valence-corrected chi connectivity index (χ3v) is 2.62. The highest BCUT2D eigenvalue weighted by atomic mass is 16.3. The predicted molar refractivity (Wildman–Crippen MR) is 59.2 cm³/mol. The molecule has 0 spiro atoms. The molecule has 1 aliphatic heterocycles. The van der Waals surface area contributed by atoms with Crippen molar-refractivity contribution in [2.75, 3.05) is 30.9 Å². The normalized spacial score (nSPS) is 14.4. The molecular weight excluding hydrogens is 176 g/mol. The van der Waals surface area contributed by atoms with E-state index in [-0.39, 0.29) is 0 Å². The van der Waals surface area contributed by atoms with Crippen molar-refractivity contribution in [3.63, 3.8) is 0 Å². The van der Waals surface area contributed by atoms with Crippen molar-refractivity contribution in [1.82, 2.24) is 0 Å². The van der Waals surface area contributed by atoms with Crippen molar-refractivity contribution in [2.45, 2.75) is 12.8 Å². The van der Waals surface area contributed by atoms with E-state index in [1.807, 2.05) is 25.1 Å². The Balaban J connectivity index is 2.45. The van der Waals surface area contributed by atoms with Gasteiger partial charge in [0.15, 0.2) is 0 Å². The number of fused-ring (bicyclic) bond motifs is 1. The molecule has 0 radical (unpaired) electrons. The van der Waals surface area contributed by atoms with Crippen LogP contribution in [0.4, 0.5) is 11.4 Å². The third-order valence-electron chi connectivity index (χ3n) is 2.62. The van der Waals surface area contributed by atoms with Gasteiger partial charge in [-0.1, -0.05) is 0 Å². The standard InChI is InChI=1S/C11H16N2O/c1-13(2)10-6-8-4-3-5-12-9(8)7-11(10)14/h6-7,12,14H,3-5H2,1-2H3. The summed E-state index contributed by atoms with van der Waals surface area (Å²) in [7, 11) is 3.88. The van der Waals surface area contributed by atoms with Crippen LogP contribution in [0.25, 0.3) is 0 Å². The number of rotatable bonds is 1. The van der Waals surface area contributed by atoms with Gasteiger partial charge in [-0.05, 0) is 24.5 Å². The largest absolute Gasteiger partial charge is 0.506 e. The van der Waals surface area contributed by atoms with Gasteiger partial charge in [-0.25, -0.2) is 0 Å². The lowest BCUT2D eigenvalue weighted by atomic mass is 10.0. The topological polar surface area (TPSA) is 35.5 Å². The first-order valence-electron chi connectivity index (χ1n) is 4.95. The number of aryl methyl sites for hydroxylation is 1. The molecule has 0 atom stereocenters. The highest BCUT2D eigenvalue weighted by molar-refractivity contribution is 5.68. The summed E-state index contributed by atoms with van der Waals surface area (Å²) >= 11 is 0. The molecule has 0 fully saturated rings. The number of hydrogen-bond donors (Lipinski definition) is 2. The number of phenols is 1. The van der Waals surface area contributed by atoms with Gasteiger partial charge in [0.25, 0.3) is 0 Å². The van der Waals surface area contributed by atoms with E-state index in [0.717, 1.165) is 24.3 Å². The highest BCUT2D eigenvalue weighted by Crippen LogP contribution is 2.34. The first kappa shape index (κ1) is 9.19. The van der Waals surface area contributed by atoms with Crippen LogP contribution >= 0.6 is 0 Å². The van der Waals surface area contributed by atoms with Crippen LogP contribution in [0, 0.1) is 0 Å². The van der Waals surface area contributed by atoms with Crippen molar-refractivity contribution < 1.29 is 5.11 Å². The number of phenolic OH excluding ortho intramolecular Hbond substituents is 1. The summed E-state index contributed by atoms with van der Waals surface area (Å²) in [6.07, 6.45) is 2.27. The molecule has 0 saturated carbocycles. The first-order valence-corrected chi connectivity index (χ1v) is 4.95. The molecule has 0 saturated heterocycles. The summed E-state index contributed by atoms with van der Waals surface area (Å²) in [5.41, 5.74) is 3.28. The molecule has 0 aliphatic carbocycles. The number of anilines is 2. The van der Waals surface area contributed by atoms with Gasteiger partial charge < -0.3 is 15.3 Å². The maximum Gasteiger partial charge on any atom is 0.140 e. The summed E-state index contributed by atoms with van der Waals surface area (Å²) in [6, 6.07) is 3.89. The maximum atomic E-state index is 9.76. The number of benzene rings is 1. The Hall–Kier alpha value is -1.38. The Morgan fingerprint density at radius 3 is 2.86 bits per heavy atom. The van der Waals surface area contributed by atoms with Crippen molar-refractivity contribution in [2.24, 2.45) is 0 Å². The fourth-order valence-corrected chi connectivity index (χ4v) is 1.85. The molecule has 0 unspecified atom stereocenters. The van der Waals surface area contributed by atoms with Gasteiger partial charge >= 0.3 is 0 Å². The van der Waals surface area contributed by atoms with E-state index in [2.05, 4.69) is 11.4 Å². The Bertz CT molecular complexity index is 347. The van der Waals surface area contributed by atoms with Gasteiger partial charge in [-0.3, -0.25) is 0 Å². The van der Waals surface area contributed by atoms with Gasteiger partial charge in [-0.15, -0.1) is 0 Å². The average Bonchev–Trinajstić information content (AvgIpc) is 2.16. The van der Waals surface area contributed by atoms with Crippen molar-refractivity contribution >= 4 is 11.4 Å². The summed E-state index contributed by atoms with van der Waals surface area (Å²) < 4.78 is 0. The zero-order chi connectivity index (χ0) is 10.1. The lowest BCUT2D eigenvalue weighted by Gasteiger charge is -2.22. The minimum atomic E-state index is 0.350. The second-order valence-corrected chi connectivity index (χ2v) is 3.92. The molecule has 2 rings (SSSR count). The Morgan fingerprint density at radius 2 is 2.14 bits per heavy atom. The summed E-state index contributed by atoms with van der Waals surface area (Å²) in [4.78, 5) is 1.93. The predicted octanol–water partition coefficient (Wildman–Crippen LogP) is 1.82. The quantitative estimate of drug-likeness (QED) is 0.712. The molecule has 1 aromatic rings. The van der Waals surface area contributed by atoms with Crippen LogP contribution < -0.4 is 10.2 Å². The van der Waals surface area contributed by atoms with Crippen molar-refractivity contribution in [1.29, 1.82) is 0 Å². The molecule has 0 amide bonds. The van der Waals surface area contributed by atoms with E-state index in [4.69, 9.17) is 0 Å². The molecule has 1 heterocycles. The molecule has 76 valence electrons. The van der Waals surface area contributed by atoms with Crippen LogP contribution in [-0.4, -0.2) is 25.7 Å². The van der Waals surface area contributed by atoms with Gasteiger partial charge in [-0.2, -0.15) is 0 Å². The summed E-state index contributed by atoms with van der Waals surface area (Å²) in [5.74, 6) is 0.350. The molecule has 2 N–H and O–H groups in total. The fraction of sp³-hybridized carbons (Fsp3) is 0.455. The zero-order valence-corrected chi connectivity index (χ0v) is 8.67. The van der Waals surface area contributed by atoms with E-state index in [1.54, 1.807) is 0 Å². The van der Waals surface area contributed by atoms with E-state index >= 15 is 0 Å². The van der Waals surface area contributed by atoms with E-state index in [1.165, 1.54) is 12.0 Å². The second kappa shape index (κ2) is 3.40. The molecule has 0 bridgehead atoms. The van der Waals surface area contributed by atoms with Crippen LogP contribution in [0.5, 0.6) is 5.75 Å². The average molecular weight is 192 g/mol. The Morgan fingerprint density at radius 1 is 1.36 bits per heavy atom. The maximum absolute atomic E-state index is 9.76. The molecule has 3 heteroatoms. The van der Waals surface area contributed by atoms with Gasteiger partial charge in [0, 0.05) is 32.4 Å². The van der Waals surface area contributed by atoms with Crippen molar-refractivity contribution in [3.8, 4) is 5.75 Å². The Kier molecular flexibility index (Phi) is 2.23. The lowest BCUT2D eigenvalue weighted by Crippen LogP contribution is -2.14. The monoisotopic (exact) mass is 192 g/mol. The number of nitrogens with zero attached hydrogens (tertiary/aromatic N) is 1. The minimum Gasteiger partial charge on any atom is -0.506 e. The van der Waals surface area contributed by atoms with Crippen LogP contribution in [0.3, 0.4) is 0 Å². The van der Waals surface area contributed by atoms with Gasteiger partial charge in [0.1, 0.15) is 5.75 Å². The summed E-state index contributed by atoms with van der Waals surface area (Å²) in [6.45, 7) is 1.01. The second-order valence-electron chi connectivity index (χ2n) is 3.92. The smallest absolute Gasteiger partial charge is 0.140 e. The van der Waals surface area contributed by atoms with E-state index < -0.39 is 0 Å². The van der Waals surface area contributed by atoms with Crippen LogP contribution in [0.2, 0.25) is 0 Å². The third kappa shape index (κ3) is 1.50. The molecule has 14 heavy (non-hydrogen) atoms. The molecule has 1 aliphatic rings.